The Kier molecular flexibility index (Phi) is 4.44. The topological polar surface area (TPSA) is 69.0 Å². The summed E-state index contributed by atoms with van der Waals surface area (Å²) in [5, 5.41) is 11.5. The van der Waals surface area contributed by atoms with Gasteiger partial charge < -0.3 is 10.1 Å². The molecule has 0 fully saturated rings. The highest BCUT2D eigenvalue weighted by molar-refractivity contribution is 5.94. The van der Waals surface area contributed by atoms with E-state index in [0.29, 0.717) is 18.7 Å². The maximum Gasteiger partial charge on any atom is 0.251 e. The number of carbonyl (C=O) groups excluding carboxylic acids is 1. The normalized spacial score (nSPS) is 15.5. The van der Waals surface area contributed by atoms with Crippen molar-refractivity contribution >= 4 is 16.9 Å². The summed E-state index contributed by atoms with van der Waals surface area (Å²) in [7, 11) is 0. The van der Waals surface area contributed by atoms with E-state index in [9.17, 15) is 4.79 Å². The summed E-state index contributed by atoms with van der Waals surface area (Å²) in [4.78, 5) is 12.7. The molecule has 1 amide bonds. The molecule has 1 aliphatic rings. The second-order valence-corrected chi connectivity index (χ2v) is 7.13. The van der Waals surface area contributed by atoms with Gasteiger partial charge in [0.05, 0.1) is 24.7 Å². The minimum Gasteiger partial charge on any atom is -0.493 e. The molecule has 6 nitrogen and oxygen atoms in total. The third-order valence-electron chi connectivity index (χ3n) is 5.23. The fourth-order valence-corrected chi connectivity index (χ4v) is 3.70. The number of amides is 1. The Balaban J connectivity index is 1.30. The average molecular weight is 384 g/mol. The molecule has 1 N–H and O–H groups in total. The average Bonchev–Trinajstić information content (AvgIpc) is 3.17. The quantitative estimate of drug-likeness (QED) is 0.582. The molecule has 0 saturated heterocycles. The van der Waals surface area contributed by atoms with Crippen molar-refractivity contribution in [2.24, 2.45) is 0 Å². The molecular weight excluding hydrogens is 364 g/mol. The van der Waals surface area contributed by atoms with E-state index in [1.807, 2.05) is 77.5 Å². The Morgan fingerprint density at radius 2 is 1.83 bits per heavy atom. The maximum atomic E-state index is 12.7. The number of para-hydroxylation sites is 2. The highest BCUT2D eigenvalue weighted by Crippen LogP contribution is 2.31. The third kappa shape index (κ3) is 3.45. The molecule has 1 aliphatic heterocycles. The van der Waals surface area contributed by atoms with E-state index in [-0.39, 0.29) is 11.9 Å². The first kappa shape index (κ1) is 17.4. The molecule has 144 valence electrons. The summed E-state index contributed by atoms with van der Waals surface area (Å²) in [6.45, 7) is 1.21. The molecule has 0 spiro atoms. The van der Waals surface area contributed by atoms with Gasteiger partial charge in [0, 0.05) is 17.5 Å². The molecule has 1 atom stereocenters. The molecule has 0 unspecified atom stereocenters. The molecule has 2 heterocycles. The van der Waals surface area contributed by atoms with Crippen LogP contribution in [0.25, 0.3) is 11.0 Å². The fourth-order valence-electron chi connectivity index (χ4n) is 3.70. The predicted octanol–water partition coefficient (Wildman–Crippen LogP) is 3.73. The predicted molar refractivity (Wildman–Crippen MR) is 110 cm³/mol. The Hall–Kier alpha value is -3.67. The Bertz CT molecular complexity index is 1170. The van der Waals surface area contributed by atoms with Crippen LogP contribution in [0.2, 0.25) is 0 Å². The van der Waals surface area contributed by atoms with Gasteiger partial charge in [0.1, 0.15) is 11.3 Å². The van der Waals surface area contributed by atoms with E-state index in [1.165, 1.54) is 0 Å². The largest absolute Gasteiger partial charge is 0.493 e. The first-order chi connectivity index (χ1) is 14.3. The zero-order valence-corrected chi connectivity index (χ0v) is 15.8. The van der Waals surface area contributed by atoms with Gasteiger partial charge in [0.2, 0.25) is 0 Å². The van der Waals surface area contributed by atoms with E-state index in [2.05, 4.69) is 15.6 Å². The lowest BCUT2D eigenvalue weighted by molar-refractivity contribution is 0.0925. The third-order valence-corrected chi connectivity index (χ3v) is 5.23. The summed E-state index contributed by atoms with van der Waals surface area (Å²) >= 11 is 0. The van der Waals surface area contributed by atoms with Crippen molar-refractivity contribution in [3.05, 3.63) is 89.5 Å². The first-order valence-corrected chi connectivity index (χ1v) is 9.68. The zero-order valence-electron chi connectivity index (χ0n) is 15.8. The Morgan fingerprint density at radius 1 is 1.03 bits per heavy atom. The van der Waals surface area contributed by atoms with E-state index in [4.69, 9.17) is 4.74 Å². The smallest absolute Gasteiger partial charge is 0.251 e. The van der Waals surface area contributed by atoms with Crippen molar-refractivity contribution in [2.75, 3.05) is 6.61 Å². The van der Waals surface area contributed by atoms with Crippen LogP contribution < -0.4 is 10.1 Å². The Morgan fingerprint density at radius 3 is 2.72 bits per heavy atom. The van der Waals surface area contributed by atoms with Gasteiger partial charge in [-0.1, -0.05) is 47.7 Å². The second kappa shape index (κ2) is 7.39. The van der Waals surface area contributed by atoms with Gasteiger partial charge in [0.25, 0.3) is 5.91 Å². The molecule has 0 bridgehead atoms. The highest BCUT2D eigenvalue weighted by atomic mass is 16.5. The van der Waals surface area contributed by atoms with Crippen LogP contribution in [0.15, 0.2) is 72.8 Å². The standard InChI is InChI=1S/C23H20N4O2/c28-23(24-19-13-14-29-22-8-4-1-5-18(19)22)17-11-9-16(10-12-17)15-27-21-7-3-2-6-20(21)25-26-27/h1-12,19H,13-15H2,(H,24,28)/t19-/m1/s1. The number of nitrogens with one attached hydrogen (secondary N) is 1. The van der Waals surface area contributed by atoms with Crippen molar-refractivity contribution in [1.29, 1.82) is 0 Å². The van der Waals surface area contributed by atoms with Crippen LogP contribution in [0.5, 0.6) is 5.75 Å². The number of hydrogen-bond donors (Lipinski definition) is 1. The SMILES string of the molecule is O=C(N[C@@H]1CCOc2ccccc21)c1ccc(Cn2nnc3ccccc32)cc1. The second-order valence-electron chi connectivity index (χ2n) is 7.13. The van der Waals surface area contributed by atoms with Crippen molar-refractivity contribution < 1.29 is 9.53 Å². The molecule has 4 aromatic rings. The molecule has 0 aliphatic carbocycles. The summed E-state index contributed by atoms with van der Waals surface area (Å²) in [5.74, 6) is 0.768. The van der Waals surface area contributed by atoms with Crippen LogP contribution in [-0.2, 0) is 6.54 Å². The highest BCUT2D eigenvalue weighted by Gasteiger charge is 2.23. The molecular formula is C23H20N4O2. The van der Waals surface area contributed by atoms with Crippen molar-refractivity contribution in [3.8, 4) is 5.75 Å². The van der Waals surface area contributed by atoms with Crippen LogP contribution in [0.1, 0.15) is 33.9 Å². The molecule has 1 aromatic heterocycles. The van der Waals surface area contributed by atoms with Crippen molar-refractivity contribution in [1.82, 2.24) is 20.3 Å². The zero-order chi connectivity index (χ0) is 19.6. The summed E-state index contributed by atoms with van der Waals surface area (Å²) in [6, 6.07) is 23.3. The van der Waals surface area contributed by atoms with Crippen LogP contribution in [-0.4, -0.2) is 27.5 Å². The molecule has 5 rings (SSSR count). The van der Waals surface area contributed by atoms with Crippen LogP contribution in [0.3, 0.4) is 0 Å². The lowest BCUT2D eigenvalue weighted by Gasteiger charge is -2.26. The molecule has 0 radical (unpaired) electrons. The summed E-state index contributed by atoms with van der Waals surface area (Å²) in [5.41, 5.74) is 4.60. The summed E-state index contributed by atoms with van der Waals surface area (Å²) < 4.78 is 7.54. The van der Waals surface area contributed by atoms with E-state index >= 15 is 0 Å². The van der Waals surface area contributed by atoms with Crippen molar-refractivity contribution in [3.63, 3.8) is 0 Å². The lowest BCUT2D eigenvalue weighted by atomic mass is 10.00. The summed E-state index contributed by atoms with van der Waals surface area (Å²) in [6.07, 6.45) is 0.764. The van der Waals surface area contributed by atoms with Gasteiger partial charge in [-0.05, 0) is 35.9 Å². The minimum absolute atomic E-state index is 0.0337. The van der Waals surface area contributed by atoms with Gasteiger partial charge in [-0.3, -0.25) is 4.79 Å². The number of hydrogen-bond acceptors (Lipinski definition) is 4. The minimum atomic E-state index is -0.0792. The number of nitrogens with zero attached hydrogens (tertiary/aromatic N) is 3. The van der Waals surface area contributed by atoms with Gasteiger partial charge in [-0.25, -0.2) is 4.68 Å². The fraction of sp³-hybridized carbons (Fsp3) is 0.174. The molecule has 29 heavy (non-hydrogen) atoms. The monoisotopic (exact) mass is 384 g/mol. The number of aromatic nitrogens is 3. The lowest BCUT2D eigenvalue weighted by Crippen LogP contribution is -2.32. The number of rotatable bonds is 4. The van der Waals surface area contributed by atoms with Gasteiger partial charge in [-0.15, -0.1) is 5.10 Å². The van der Waals surface area contributed by atoms with E-state index < -0.39 is 0 Å². The van der Waals surface area contributed by atoms with Crippen LogP contribution >= 0.6 is 0 Å². The first-order valence-electron chi connectivity index (χ1n) is 9.68. The number of carbonyl (C=O) groups is 1. The Labute approximate surface area is 168 Å². The maximum absolute atomic E-state index is 12.7. The molecule has 3 aromatic carbocycles. The molecule has 6 heteroatoms. The number of benzene rings is 3. The van der Waals surface area contributed by atoms with Gasteiger partial charge >= 0.3 is 0 Å². The number of ether oxygens (including phenoxy) is 1. The van der Waals surface area contributed by atoms with Gasteiger partial charge in [0.15, 0.2) is 0 Å². The van der Waals surface area contributed by atoms with Crippen molar-refractivity contribution in [2.45, 2.75) is 19.0 Å². The molecule has 0 saturated carbocycles. The van der Waals surface area contributed by atoms with Gasteiger partial charge in [-0.2, -0.15) is 0 Å². The van der Waals surface area contributed by atoms with E-state index in [0.717, 1.165) is 34.3 Å². The van der Waals surface area contributed by atoms with E-state index in [1.54, 1.807) is 0 Å². The number of fused-ring (bicyclic) bond motifs is 2. The van der Waals surface area contributed by atoms with Crippen LogP contribution in [0.4, 0.5) is 0 Å². The van der Waals surface area contributed by atoms with Crippen LogP contribution in [0, 0.1) is 0 Å².